The molecule has 3 heterocycles. The molecule has 14 heteroatoms. The van der Waals surface area contributed by atoms with Crippen LogP contribution in [0.2, 0.25) is 10.0 Å². The average molecular weight is 740 g/mol. The van der Waals surface area contributed by atoms with Gasteiger partial charge >= 0.3 is 11.5 Å². The second kappa shape index (κ2) is 13.2. The van der Waals surface area contributed by atoms with Gasteiger partial charge in [0.25, 0.3) is 15.7 Å². The van der Waals surface area contributed by atoms with E-state index in [1.165, 1.54) is 0 Å². The van der Waals surface area contributed by atoms with Crippen molar-refractivity contribution < 1.29 is 31.2 Å². The molecule has 8 nitrogen and oxygen atoms in total. The predicted molar refractivity (Wildman–Crippen MR) is 185 cm³/mol. The van der Waals surface area contributed by atoms with Crippen molar-refractivity contribution in [3.05, 3.63) is 131 Å². The third kappa shape index (κ3) is 6.01. The van der Waals surface area contributed by atoms with Gasteiger partial charge in [-0.15, -0.1) is 0 Å². The number of benzene rings is 3. The third-order valence-corrected chi connectivity index (χ3v) is 11.1. The molecular formula is C36H27Cl2F3N4O4S. The number of aromatic nitrogens is 2. The van der Waals surface area contributed by atoms with Crippen LogP contribution in [0.15, 0.2) is 115 Å². The summed E-state index contributed by atoms with van der Waals surface area (Å²) in [6.07, 6.45) is 6.46. The summed E-state index contributed by atoms with van der Waals surface area (Å²) >= 11 is 12.3. The molecule has 1 N–H and O–H groups in total. The zero-order valence-electron chi connectivity index (χ0n) is 26.3. The number of alkyl halides is 3. The summed E-state index contributed by atoms with van der Waals surface area (Å²) < 4.78 is 63.8. The topological polar surface area (TPSA) is 109 Å². The number of imide groups is 1. The van der Waals surface area contributed by atoms with E-state index in [2.05, 4.69) is 15.3 Å². The molecule has 0 spiro atoms. The zero-order valence-corrected chi connectivity index (χ0v) is 28.6. The van der Waals surface area contributed by atoms with Crippen molar-refractivity contribution >= 4 is 50.7 Å². The highest BCUT2D eigenvalue weighted by atomic mass is 35.5. The lowest BCUT2D eigenvalue weighted by Crippen LogP contribution is -2.55. The number of nitrogens with one attached hydrogen (secondary N) is 1. The van der Waals surface area contributed by atoms with Crippen LogP contribution in [-0.4, -0.2) is 41.4 Å². The number of carbonyl (C=O) groups is 2. The number of pyridine rings is 2. The number of anilines is 1. The first-order valence-corrected chi connectivity index (χ1v) is 17.4. The smallest absolute Gasteiger partial charge is 0.322 e. The molecule has 3 aromatic carbocycles. The molecule has 1 fully saturated rings. The number of sulfone groups is 1. The normalized spacial score (nSPS) is 17.8. The Morgan fingerprint density at radius 1 is 0.720 bits per heavy atom. The first-order chi connectivity index (χ1) is 23.7. The maximum atomic E-state index is 15.0. The number of hydrogen-bond acceptors (Lipinski definition) is 6. The largest absolute Gasteiger partial charge is 0.501 e. The van der Waals surface area contributed by atoms with Crippen LogP contribution in [0.5, 0.6) is 0 Å². The Bertz CT molecular complexity index is 2100. The highest BCUT2D eigenvalue weighted by Gasteiger charge is 2.59. The van der Waals surface area contributed by atoms with E-state index < -0.39 is 49.6 Å². The summed E-state index contributed by atoms with van der Waals surface area (Å²) in [5.74, 6) is -2.20. The van der Waals surface area contributed by atoms with Gasteiger partial charge in [0.1, 0.15) is 5.54 Å². The molecule has 6 rings (SSSR count). The van der Waals surface area contributed by atoms with E-state index >= 15 is 0 Å². The average Bonchev–Trinajstić information content (AvgIpc) is 3.37. The number of amides is 3. The Balaban J connectivity index is 1.52. The molecule has 0 bridgehead atoms. The molecule has 2 atom stereocenters. The predicted octanol–water partition coefficient (Wildman–Crippen LogP) is 8.81. The van der Waals surface area contributed by atoms with E-state index in [4.69, 9.17) is 23.2 Å². The SMILES string of the molecule is CC(c1ccncc1-c1ccc(Cl)cc1)C1(C(C)c2ccncc2-c2ccc(Cl)cc2)NC(=O)N(c2ccc(S(=O)(=O)C(F)(F)F)cc2)C1=O. The minimum Gasteiger partial charge on any atom is -0.322 e. The van der Waals surface area contributed by atoms with Crippen LogP contribution in [0.4, 0.5) is 23.7 Å². The Kier molecular flexibility index (Phi) is 9.23. The quantitative estimate of drug-likeness (QED) is 0.159. The minimum absolute atomic E-state index is 0.116. The van der Waals surface area contributed by atoms with Crippen molar-refractivity contribution in [2.75, 3.05) is 4.90 Å². The van der Waals surface area contributed by atoms with Crippen molar-refractivity contribution in [3.8, 4) is 22.3 Å². The zero-order chi connectivity index (χ0) is 36.0. The molecule has 0 aliphatic carbocycles. The van der Waals surface area contributed by atoms with Crippen LogP contribution >= 0.6 is 23.2 Å². The molecule has 2 unspecified atom stereocenters. The van der Waals surface area contributed by atoms with E-state index in [9.17, 15) is 31.2 Å². The second-order valence-electron chi connectivity index (χ2n) is 11.8. The summed E-state index contributed by atoms with van der Waals surface area (Å²) in [4.78, 5) is 37.3. The second-order valence-corrected chi connectivity index (χ2v) is 14.6. The fraction of sp³-hybridized carbons (Fsp3) is 0.167. The number of rotatable bonds is 8. The third-order valence-electron chi connectivity index (χ3n) is 9.10. The van der Waals surface area contributed by atoms with Gasteiger partial charge in [0.15, 0.2) is 0 Å². The van der Waals surface area contributed by atoms with E-state index in [-0.39, 0.29) is 5.69 Å². The molecule has 1 saturated heterocycles. The molecular weight excluding hydrogens is 712 g/mol. The van der Waals surface area contributed by atoms with E-state index in [1.54, 1.807) is 75.0 Å². The molecule has 2 aromatic heterocycles. The van der Waals surface area contributed by atoms with Gasteiger partial charge in [0.2, 0.25) is 0 Å². The lowest BCUT2D eigenvalue weighted by Gasteiger charge is -2.40. The van der Waals surface area contributed by atoms with E-state index in [0.717, 1.165) is 28.2 Å². The Hall–Kier alpha value is -4.78. The lowest BCUT2D eigenvalue weighted by molar-refractivity contribution is -0.123. The van der Waals surface area contributed by atoms with E-state index in [1.807, 2.05) is 24.3 Å². The Labute approximate surface area is 295 Å². The van der Waals surface area contributed by atoms with Crippen LogP contribution in [0.25, 0.3) is 22.3 Å². The van der Waals surface area contributed by atoms with Gasteiger partial charge in [-0.05, 0) is 82.9 Å². The molecule has 5 aromatic rings. The van der Waals surface area contributed by atoms with Gasteiger partial charge in [-0.3, -0.25) is 14.8 Å². The standard InChI is InChI=1S/C36H27Cl2F3N4O4S/c1-21(29-15-17-42-19-31(29)23-3-7-25(37)8-4-23)35(22(2)30-16-18-43-20-32(30)24-5-9-26(38)10-6-24)33(46)45(34(47)44-35)27-11-13-28(14-12-27)50(48,49)36(39,40)41/h3-22H,1-2H3,(H,44,47). The van der Waals surface area contributed by atoms with Crippen molar-refractivity contribution in [2.24, 2.45) is 0 Å². The fourth-order valence-electron chi connectivity index (χ4n) is 6.47. The summed E-state index contributed by atoms with van der Waals surface area (Å²) in [7, 11) is -5.67. The van der Waals surface area contributed by atoms with Crippen LogP contribution in [0.1, 0.15) is 36.8 Å². The molecule has 256 valence electrons. The number of carbonyl (C=O) groups excluding carboxylic acids is 2. The number of urea groups is 1. The summed E-state index contributed by atoms with van der Waals surface area (Å²) in [6.45, 7) is 3.60. The molecule has 0 saturated carbocycles. The van der Waals surface area contributed by atoms with Crippen molar-refractivity contribution in [3.63, 3.8) is 0 Å². The Morgan fingerprint density at radius 2 is 1.16 bits per heavy atom. The van der Waals surface area contributed by atoms with Crippen molar-refractivity contribution in [1.82, 2.24) is 15.3 Å². The van der Waals surface area contributed by atoms with Gasteiger partial charge in [-0.25, -0.2) is 18.1 Å². The fourth-order valence-corrected chi connectivity index (χ4v) is 7.48. The minimum atomic E-state index is -5.67. The van der Waals surface area contributed by atoms with Gasteiger partial charge in [-0.1, -0.05) is 61.3 Å². The van der Waals surface area contributed by atoms with Crippen LogP contribution < -0.4 is 10.2 Å². The summed E-state index contributed by atoms with van der Waals surface area (Å²) in [6, 6.07) is 20.2. The maximum Gasteiger partial charge on any atom is 0.501 e. The summed E-state index contributed by atoms with van der Waals surface area (Å²) in [5, 5.41) is 4.01. The van der Waals surface area contributed by atoms with E-state index in [0.29, 0.717) is 44.4 Å². The van der Waals surface area contributed by atoms with Crippen molar-refractivity contribution in [2.45, 2.75) is 41.6 Å². The van der Waals surface area contributed by atoms with Gasteiger partial charge in [0.05, 0.1) is 10.6 Å². The van der Waals surface area contributed by atoms with Gasteiger partial charge in [-0.2, -0.15) is 13.2 Å². The van der Waals surface area contributed by atoms with Crippen LogP contribution in [-0.2, 0) is 14.6 Å². The lowest BCUT2D eigenvalue weighted by atomic mass is 9.68. The van der Waals surface area contributed by atoms with Gasteiger partial charge < -0.3 is 5.32 Å². The molecule has 1 aliphatic heterocycles. The van der Waals surface area contributed by atoms with Crippen LogP contribution in [0, 0.1) is 0 Å². The summed E-state index contributed by atoms with van der Waals surface area (Å²) in [5.41, 5.74) is -3.14. The molecule has 0 radical (unpaired) electrons. The first-order valence-electron chi connectivity index (χ1n) is 15.1. The first kappa shape index (κ1) is 35.1. The Morgan fingerprint density at radius 3 is 1.58 bits per heavy atom. The highest BCUT2D eigenvalue weighted by molar-refractivity contribution is 7.92. The van der Waals surface area contributed by atoms with Crippen molar-refractivity contribution in [1.29, 1.82) is 0 Å². The molecule has 50 heavy (non-hydrogen) atoms. The number of halogens is 5. The number of hydrogen-bond donors (Lipinski definition) is 1. The van der Waals surface area contributed by atoms with Crippen LogP contribution in [0.3, 0.4) is 0 Å². The molecule has 3 amide bonds. The highest BCUT2D eigenvalue weighted by Crippen LogP contribution is 2.48. The number of nitrogens with zero attached hydrogens (tertiary/aromatic N) is 3. The monoisotopic (exact) mass is 738 g/mol. The van der Waals surface area contributed by atoms with Gasteiger partial charge in [0, 0.05) is 57.8 Å². The maximum absolute atomic E-state index is 15.0. The molecule has 1 aliphatic rings.